The van der Waals surface area contributed by atoms with Crippen LogP contribution in [0.1, 0.15) is 11.1 Å². The van der Waals surface area contributed by atoms with E-state index in [0.29, 0.717) is 5.96 Å². The highest BCUT2D eigenvalue weighted by Gasteiger charge is 2.12. The largest absolute Gasteiger partial charge is 0.370 e. The third-order valence-electron chi connectivity index (χ3n) is 3.91. The van der Waals surface area contributed by atoms with E-state index in [2.05, 4.69) is 46.2 Å². The molecule has 2 heterocycles. The molecule has 0 saturated carbocycles. The number of halogens is 1. The number of aliphatic imine (C=N–C) groups is 1. The van der Waals surface area contributed by atoms with Gasteiger partial charge in [0.2, 0.25) is 0 Å². The zero-order valence-electron chi connectivity index (χ0n) is 12.8. The van der Waals surface area contributed by atoms with Gasteiger partial charge in [-0.05, 0) is 30.5 Å². The number of aromatic amines is 1. The Morgan fingerprint density at radius 1 is 1.36 bits per heavy atom. The minimum Gasteiger partial charge on any atom is -0.370 e. The molecule has 120 valence electrons. The Morgan fingerprint density at radius 2 is 2.14 bits per heavy atom. The summed E-state index contributed by atoms with van der Waals surface area (Å²) in [6.07, 6.45) is 3.01. The first-order valence-corrected chi connectivity index (χ1v) is 8.59. The zero-order chi connectivity index (χ0) is 14.7. The second-order valence-electron chi connectivity index (χ2n) is 5.45. The van der Waals surface area contributed by atoms with Gasteiger partial charge in [-0.1, -0.05) is 12.1 Å². The average Bonchev–Trinajstić information content (AvgIpc) is 2.90. The fourth-order valence-corrected chi connectivity index (χ4v) is 3.59. The summed E-state index contributed by atoms with van der Waals surface area (Å²) >= 11 is 1.98. The van der Waals surface area contributed by atoms with Gasteiger partial charge in [0, 0.05) is 48.2 Å². The van der Waals surface area contributed by atoms with Crippen molar-refractivity contribution in [2.24, 2.45) is 10.7 Å². The van der Waals surface area contributed by atoms with Crippen LogP contribution in [0, 0.1) is 6.92 Å². The number of thioether (sulfide) groups is 1. The first-order valence-electron chi connectivity index (χ1n) is 7.43. The Morgan fingerprint density at radius 3 is 2.91 bits per heavy atom. The predicted molar refractivity (Wildman–Crippen MR) is 108 cm³/mol. The van der Waals surface area contributed by atoms with E-state index in [-0.39, 0.29) is 24.0 Å². The fourth-order valence-electron chi connectivity index (χ4n) is 2.69. The molecular weight excluding hydrogens is 407 g/mol. The number of nitrogens with two attached hydrogens (primary N) is 1. The molecule has 1 aromatic heterocycles. The number of aromatic nitrogens is 1. The summed E-state index contributed by atoms with van der Waals surface area (Å²) in [6.45, 7) is 4.90. The number of hydrogen-bond donors (Lipinski definition) is 2. The van der Waals surface area contributed by atoms with E-state index in [9.17, 15) is 0 Å². The second kappa shape index (κ2) is 8.10. The summed E-state index contributed by atoms with van der Waals surface area (Å²) in [4.78, 5) is 10.1. The number of hydrogen-bond acceptors (Lipinski definition) is 2. The minimum absolute atomic E-state index is 0. The van der Waals surface area contributed by atoms with Crippen LogP contribution in [0.25, 0.3) is 10.9 Å². The van der Waals surface area contributed by atoms with E-state index < -0.39 is 0 Å². The van der Waals surface area contributed by atoms with Crippen molar-refractivity contribution < 1.29 is 0 Å². The molecule has 4 nitrogen and oxygen atoms in total. The number of aryl methyl sites for hydroxylation is 1. The molecular formula is C16H23IN4S. The number of fused-ring (bicyclic) bond motifs is 1. The van der Waals surface area contributed by atoms with Gasteiger partial charge in [0.15, 0.2) is 5.96 Å². The molecule has 0 amide bonds. The van der Waals surface area contributed by atoms with E-state index in [1.54, 1.807) is 0 Å². The molecule has 1 fully saturated rings. The number of rotatable bonds is 3. The first kappa shape index (κ1) is 17.5. The van der Waals surface area contributed by atoms with Crippen LogP contribution in [0.4, 0.5) is 0 Å². The topological polar surface area (TPSA) is 57.4 Å². The van der Waals surface area contributed by atoms with Crippen molar-refractivity contribution in [2.45, 2.75) is 13.3 Å². The molecule has 1 aliphatic heterocycles. The van der Waals surface area contributed by atoms with Crippen molar-refractivity contribution in [3.8, 4) is 0 Å². The van der Waals surface area contributed by atoms with Gasteiger partial charge in [-0.15, -0.1) is 24.0 Å². The standard InChI is InChI=1S/C16H22N4S.HI/c1-12-2-3-14-13(11-19-15(14)10-12)4-5-18-16(17)20-6-8-21-9-7-20;/h2-3,10-11,19H,4-9H2,1H3,(H2,17,18);1H. The summed E-state index contributed by atoms with van der Waals surface area (Å²) in [5, 5.41) is 1.30. The number of nitrogens with zero attached hydrogens (tertiary/aromatic N) is 2. The molecule has 1 aliphatic rings. The second-order valence-corrected chi connectivity index (χ2v) is 6.68. The highest BCUT2D eigenvalue weighted by molar-refractivity contribution is 14.0. The molecule has 0 bridgehead atoms. The molecule has 1 saturated heterocycles. The lowest BCUT2D eigenvalue weighted by Crippen LogP contribution is -2.42. The summed E-state index contributed by atoms with van der Waals surface area (Å²) in [5.74, 6) is 3.00. The van der Waals surface area contributed by atoms with Gasteiger partial charge < -0.3 is 15.6 Å². The zero-order valence-corrected chi connectivity index (χ0v) is 16.0. The van der Waals surface area contributed by atoms with Gasteiger partial charge in [-0.2, -0.15) is 11.8 Å². The van der Waals surface area contributed by atoms with E-state index in [1.807, 2.05) is 11.8 Å². The van der Waals surface area contributed by atoms with Gasteiger partial charge in [0.05, 0.1) is 0 Å². The number of guanidine groups is 1. The molecule has 1 aromatic carbocycles. The first-order chi connectivity index (χ1) is 10.2. The Kier molecular flexibility index (Phi) is 6.43. The quantitative estimate of drug-likeness (QED) is 0.447. The highest BCUT2D eigenvalue weighted by Crippen LogP contribution is 2.20. The predicted octanol–water partition coefficient (Wildman–Crippen LogP) is 3.00. The van der Waals surface area contributed by atoms with Crippen molar-refractivity contribution in [3.05, 3.63) is 35.5 Å². The third-order valence-corrected chi connectivity index (χ3v) is 4.86. The maximum atomic E-state index is 6.08. The van der Waals surface area contributed by atoms with Gasteiger partial charge in [0.1, 0.15) is 0 Å². The lowest BCUT2D eigenvalue weighted by atomic mass is 10.1. The third kappa shape index (κ3) is 4.10. The summed E-state index contributed by atoms with van der Waals surface area (Å²) in [7, 11) is 0. The monoisotopic (exact) mass is 430 g/mol. The van der Waals surface area contributed by atoms with Crippen LogP contribution in [0.2, 0.25) is 0 Å². The Balaban J connectivity index is 0.00000176. The van der Waals surface area contributed by atoms with E-state index in [4.69, 9.17) is 5.73 Å². The van der Waals surface area contributed by atoms with Crippen LogP contribution in [-0.2, 0) is 6.42 Å². The van der Waals surface area contributed by atoms with E-state index >= 15 is 0 Å². The number of benzene rings is 1. The molecule has 2 aromatic rings. The molecule has 0 unspecified atom stereocenters. The van der Waals surface area contributed by atoms with Crippen LogP contribution in [0.3, 0.4) is 0 Å². The van der Waals surface area contributed by atoms with Crippen LogP contribution < -0.4 is 5.73 Å². The van der Waals surface area contributed by atoms with E-state index in [1.165, 1.54) is 22.0 Å². The van der Waals surface area contributed by atoms with Gasteiger partial charge >= 0.3 is 0 Å². The molecule has 3 rings (SSSR count). The smallest absolute Gasteiger partial charge is 0.191 e. The Hall–Kier alpha value is -0.890. The SMILES string of the molecule is Cc1ccc2c(CCN=C(N)N3CCSCC3)c[nH]c2c1.I. The van der Waals surface area contributed by atoms with Crippen molar-refractivity contribution in [1.29, 1.82) is 0 Å². The molecule has 0 aliphatic carbocycles. The normalized spacial score (nSPS) is 15.9. The fraction of sp³-hybridized carbons (Fsp3) is 0.438. The summed E-state index contributed by atoms with van der Waals surface area (Å²) < 4.78 is 0. The molecule has 22 heavy (non-hydrogen) atoms. The lowest BCUT2D eigenvalue weighted by molar-refractivity contribution is 0.456. The van der Waals surface area contributed by atoms with Crippen molar-refractivity contribution >= 4 is 52.6 Å². The van der Waals surface area contributed by atoms with Gasteiger partial charge in [-0.3, -0.25) is 4.99 Å². The maximum absolute atomic E-state index is 6.08. The summed E-state index contributed by atoms with van der Waals surface area (Å²) in [5.41, 5.74) is 9.88. The Bertz CT molecular complexity index is 647. The molecule has 0 radical (unpaired) electrons. The molecule has 3 N–H and O–H groups in total. The molecule has 0 spiro atoms. The maximum Gasteiger partial charge on any atom is 0.191 e. The van der Waals surface area contributed by atoms with Gasteiger partial charge in [-0.25, -0.2) is 0 Å². The minimum atomic E-state index is 0. The van der Waals surface area contributed by atoms with Crippen molar-refractivity contribution in [1.82, 2.24) is 9.88 Å². The molecule has 0 atom stereocenters. The highest BCUT2D eigenvalue weighted by atomic mass is 127. The van der Waals surface area contributed by atoms with Crippen LogP contribution in [0.5, 0.6) is 0 Å². The lowest BCUT2D eigenvalue weighted by Gasteiger charge is -2.27. The average molecular weight is 430 g/mol. The number of nitrogens with one attached hydrogen (secondary N) is 1. The summed E-state index contributed by atoms with van der Waals surface area (Å²) in [6, 6.07) is 6.52. The van der Waals surface area contributed by atoms with E-state index in [0.717, 1.165) is 37.6 Å². The van der Waals surface area contributed by atoms with Crippen molar-refractivity contribution in [3.63, 3.8) is 0 Å². The molecule has 6 heteroatoms. The number of H-pyrrole nitrogens is 1. The van der Waals surface area contributed by atoms with Gasteiger partial charge in [0.25, 0.3) is 0 Å². The van der Waals surface area contributed by atoms with Crippen LogP contribution in [-0.4, -0.2) is 47.0 Å². The van der Waals surface area contributed by atoms with Crippen LogP contribution in [0.15, 0.2) is 29.4 Å². The van der Waals surface area contributed by atoms with Crippen LogP contribution >= 0.6 is 35.7 Å². The van der Waals surface area contributed by atoms with Crippen molar-refractivity contribution in [2.75, 3.05) is 31.1 Å². The Labute approximate surface area is 152 Å².